The molecular formula is C11H13N3O2. The number of nitrogens with zero attached hydrogens (tertiary/aromatic N) is 3. The Balaban J connectivity index is 2.08. The summed E-state index contributed by atoms with van der Waals surface area (Å²) in [5.74, 6) is 1.11. The topological polar surface area (TPSA) is 72.0 Å². The number of aryl methyl sites for hydroxylation is 1. The summed E-state index contributed by atoms with van der Waals surface area (Å²) in [5.41, 5.74) is 0.877. The smallest absolute Gasteiger partial charge is 0.227 e. The Bertz CT molecular complexity index is 440. The number of pyridine rings is 1. The predicted molar refractivity (Wildman–Crippen MR) is 57.5 cm³/mol. The van der Waals surface area contributed by atoms with E-state index in [1.807, 2.05) is 12.1 Å². The zero-order valence-electron chi connectivity index (χ0n) is 9.00. The highest BCUT2D eigenvalue weighted by Crippen LogP contribution is 2.14. The summed E-state index contributed by atoms with van der Waals surface area (Å²) < 4.78 is 5.08. The van der Waals surface area contributed by atoms with Gasteiger partial charge in [-0.15, -0.1) is 0 Å². The molecule has 0 radical (unpaired) electrons. The summed E-state index contributed by atoms with van der Waals surface area (Å²) in [5, 5.41) is 13.0. The third-order valence-corrected chi connectivity index (χ3v) is 2.18. The van der Waals surface area contributed by atoms with Gasteiger partial charge in [-0.3, -0.25) is 4.98 Å². The summed E-state index contributed by atoms with van der Waals surface area (Å²) in [6.45, 7) is 1.74. The molecule has 16 heavy (non-hydrogen) atoms. The average Bonchev–Trinajstić information content (AvgIpc) is 2.76. The molecule has 2 aromatic heterocycles. The molecule has 0 aliphatic carbocycles. The Morgan fingerprint density at radius 3 is 2.81 bits per heavy atom. The summed E-state index contributed by atoms with van der Waals surface area (Å²) in [7, 11) is 0. The van der Waals surface area contributed by atoms with E-state index >= 15 is 0 Å². The third-order valence-electron chi connectivity index (χ3n) is 2.18. The Morgan fingerprint density at radius 1 is 1.38 bits per heavy atom. The lowest BCUT2D eigenvalue weighted by Crippen LogP contribution is -2.01. The van der Waals surface area contributed by atoms with Crippen LogP contribution in [0.15, 0.2) is 29.0 Å². The first-order valence-electron chi connectivity index (χ1n) is 5.17. The van der Waals surface area contributed by atoms with Crippen LogP contribution in [-0.4, -0.2) is 26.3 Å². The SMILES string of the molecule is CC(O)CCc1nc(-c2ccncc2)no1. The molecule has 1 N–H and O–H groups in total. The fourth-order valence-corrected chi connectivity index (χ4v) is 1.31. The molecule has 5 heteroatoms. The molecule has 1 atom stereocenters. The van der Waals surface area contributed by atoms with Gasteiger partial charge < -0.3 is 9.63 Å². The first-order chi connectivity index (χ1) is 7.75. The Labute approximate surface area is 93.1 Å². The van der Waals surface area contributed by atoms with Gasteiger partial charge in [0.2, 0.25) is 11.7 Å². The van der Waals surface area contributed by atoms with E-state index in [0.717, 1.165) is 5.56 Å². The van der Waals surface area contributed by atoms with Crippen molar-refractivity contribution in [3.63, 3.8) is 0 Å². The van der Waals surface area contributed by atoms with Crippen molar-refractivity contribution in [1.29, 1.82) is 0 Å². The van der Waals surface area contributed by atoms with Crippen molar-refractivity contribution in [2.24, 2.45) is 0 Å². The highest BCUT2D eigenvalue weighted by molar-refractivity contribution is 5.52. The Kier molecular flexibility index (Phi) is 3.26. The Hall–Kier alpha value is -1.75. The van der Waals surface area contributed by atoms with Crippen LogP contribution in [0.4, 0.5) is 0 Å². The van der Waals surface area contributed by atoms with Gasteiger partial charge in [0.05, 0.1) is 6.10 Å². The van der Waals surface area contributed by atoms with Crippen molar-refractivity contribution in [3.05, 3.63) is 30.4 Å². The number of rotatable bonds is 4. The van der Waals surface area contributed by atoms with Crippen LogP contribution in [0.5, 0.6) is 0 Å². The molecule has 0 amide bonds. The van der Waals surface area contributed by atoms with Gasteiger partial charge in [-0.2, -0.15) is 4.98 Å². The lowest BCUT2D eigenvalue weighted by atomic mass is 10.2. The molecule has 0 saturated heterocycles. The number of hydrogen-bond acceptors (Lipinski definition) is 5. The van der Waals surface area contributed by atoms with E-state index in [-0.39, 0.29) is 6.10 Å². The first kappa shape index (κ1) is 10.8. The van der Waals surface area contributed by atoms with Crippen LogP contribution in [-0.2, 0) is 6.42 Å². The van der Waals surface area contributed by atoms with Crippen molar-refractivity contribution >= 4 is 0 Å². The number of aromatic nitrogens is 3. The number of hydrogen-bond donors (Lipinski definition) is 1. The van der Waals surface area contributed by atoms with Gasteiger partial charge in [0, 0.05) is 24.4 Å². The van der Waals surface area contributed by atoms with Crippen molar-refractivity contribution in [3.8, 4) is 11.4 Å². The summed E-state index contributed by atoms with van der Waals surface area (Å²) in [6, 6.07) is 3.65. The van der Waals surface area contributed by atoms with E-state index < -0.39 is 0 Å². The van der Waals surface area contributed by atoms with Gasteiger partial charge in [-0.05, 0) is 25.5 Å². The minimum atomic E-state index is -0.351. The van der Waals surface area contributed by atoms with E-state index in [2.05, 4.69) is 15.1 Å². The van der Waals surface area contributed by atoms with Crippen LogP contribution < -0.4 is 0 Å². The third kappa shape index (κ3) is 2.64. The van der Waals surface area contributed by atoms with Gasteiger partial charge in [0.1, 0.15) is 0 Å². The molecule has 2 rings (SSSR count). The maximum Gasteiger partial charge on any atom is 0.227 e. The second-order valence-electron chi connectivity index (χ2n) is 3.64. The molecule has 0 aliphatic heterocycles. The van der Waals surface area contributed by atoms with Crippen LogP contribution in [0.25, 0.3) is 11.4 Å². The van der Waals surface area contributed by atoms with E-state index in [9.17, 15) is 0 Å². The molecule has 1 unspecified atom stereocenters. The quantitative estimate of drug-likeness (QED) is 0.842. The molecular weight excluding hydrogens is 206 g/mol. The maximum atomic E-state index is 9.14. The van der Waals surface area contributed by atoms with Gasteiger partial charge >= 0.3 is 0 Å². The largest absolute Gasteiger partial charge is 0.393 e. The standard InChI is InChI=1S/C11H13N3O2/c1-8(15)2-3-10-13-11(14-16-10)9-4-6-12-7-5-9/h4-8,15H,2-3H2,1H3. The molecule has 84 valence electrons. The second-order valence-corrected chi connectivity index (χ2v) is 3.64. The lowest BCUT2D eigenvalue weighted by Gasteiger charge is -1.98. The fourth-order valence-electron chi connectivity index (χ4n) is 1.31. The molecule has 0 fully saturated rings. The monoisotopic (exact) mass is 219 g/mol. The molecule has 0 aromatic carbocycles. The molecule has 0 aliphatic rings. The molecule has 0 saturated carbocycles. The second kappa shape index (κ2) is 4.85. The molecule has 0 spiro atoms. The average molecular weight is 219 g/mol. The lowest BCUT2D eigenvalue weighted by molar-refractivity contribution is 0.180. The minimum Gasteiger partial charge on any atom is -0.393 e. The van der Waals surface area contributed by atoms with E-state index in [1.165, 1.54) is 0 Å². The van der Waals surface area contributed by atoms with E-state index in [0.29, 0.717) is 24.6 Å². The first-order valence-corrected chi connectivity index (χ1v) is 5.17. The van der Waals surface area contributed by atoms with Crippen molar-refractivity contribution < 1.29 is 9.63 Å². The number of aliphatic hydroxyl groups excluding tert-OH is 1. The van der Waals surface area contributed by atoms with Gasteiger partial charge in [-0.25, -0.2) is 0 Å². The molecule has 2 heterocycles. The summed E-state index contributed by atoms with van der Waals surface area (Å²) in [4.78, 5) is 8.15. The van der Waals surface area contributed by atoms with E-state index in [1.54, 1.807) is 19.3 Å². The van der Waals surface area contributed by atoms with Gasteiger partial charge in [0.15, 0.2) is 0 Å². The minimum absolute atomic E-state index is 0.351. The zero-order valence-corrected chi connectivity index (χ0v) is 9.00. The van der Waals surface area contributed by atoms with Gasteiger partial charge in [-0.1, -0.05) is 5.16 Å². The summed E-state index contributed by atoms with van der Waals surface area (Å²) in [6.07, 6.45) is 4.23. The normalized spacial score (nSPS) is 12.6. The zero-order chi connectivity index (χ0) is 11.4. The van der Waals surface area contributed by atoms with E-state index in [4.69, 9.17) is 9.63 Å². The highest BCUT2D eigenvalue weighted by Gasteiger charge is 2.08. The van der Waals surface area contributed by atoms with Crippen LogP contribution in [0.2, 0.25) is 0 Å². The summed E-state index contributed by atoms with van der Waals surface area (Å²) >= 11 is 0. The maximum absolute atomic E-state index is 9.14. The van der Waals surface area contributed by atoms with Crippen LogP contribution in [0.3, 0.4) is 0 Å². The molecule has 2 aromatic rings. The molecule has 5 nitrogen and oxygen atoms in total. The predicted octanol–water partition coefficient (Wildman–Crippen LogP) is 1.44. The van der Waals surface area contributed by atoms with Crippen molar-refractivity contribution in [2.75, 3.05) is 0 Å². The molecule has 0 bridgehead atoms. The fraction of sp³-hybridized carbons (Fsp3) is 0.364. The van der Waals surface area contributed by atoms with Crippen LogP contribution >= 0.6 is 0 Å². The number of aliphatic hydroxyl groups is 1. The van der Waals surface area contributed by atoms with Crippen LogP contribution in [0, 0.1) is 0 Å². The van der Waals surface area contributed by atoms with Gasteiger partial charge in [0.25, 0.3) is 0 Å². The van der Waals surface area contributed by atoms with Crippen LogP contribution in [0.1, 0.15) is 19.2 Å². The van der Waals surface area contributed by atoms with Crippen molar-refractivity contribution in [1.82, 2.24) is 15.1 Å². The highest BCUT2D eigenvalue weighted by atomic mass is 16.5. The van der Waals surface area contributed by atoms with Crippen molar-refractivity contribution in [2.45, 2.75) is 25.9 Å². The Morgan fingerprint density at radius 2 is 2.12 bits per heavy atom.